The Kier molecular flexibility index (Phi) is 6.19. The number of amides is 1. The van der Waals surface area contributed by atoms with Gasteiger partial charge < -0.3 is 10.2 Å². The van der Waals surface area contributed by atoms with E-state index in [1.54, 1.807) is 0 Å². The molecule has 0 saturated carbocycles. The van der Waals surface area contributed by atoms with Crippen LogP contribution in [-0.2, 0) is 11.3 Å². The average Bonchev–Trinajstić information content (AvgIpc) is 2.62. The molecule has 25 heavy (non-hydrogen) atoms. The Morgan fingerprint density at radius 3 is 2.48 bits per heavy atom. The van der Waals surface area contributed by atoms with E-state index >= 15 is 0 Å². The summed E-state index contributed by atoms with van der Waals surface area (Å²) in [6.07, 6.45) is 0. The highest BCUT2D eigenvalue weighted by Gasteiger charge is 2.19. The number of benzene rings is 2. The first-order chi connectivity index (χ1) is 12.1. The largest absolute Gasteiger partial charge is 0.369 e. The smallest absolute Gasteiger partial charge is 0.234 e. The highest BCUT2D eigenvalue weighted by molar-refractivity contribution is 6.31. The summed E-state index contributed by atoms with van der Waals surface area (Å²) in [5.41, 5.74) is 2.07. The molecule has 4 nitrogen and oxygen atoms in total. The van der Waals surface area contributed by atoms with Crippen molar-refractivity contribution in [3.8, 4) is 0 Å². The second-order valence-electron chi connectivity index (χ2n) is 6.11. The van der Waals surface area contributed by atoms with Gasteiger partial charge in [-0.3, -0.25) is 9.69 Å². The number of halogens is 2. The Morgan fingerprint density at radius 1 is 1.00 bits per heavy atom. The fourth-order valence-corrected chi connectivity index (χ4v) is 3.32. The van der Waals surface area contributed by atoms with Gasteiger partial charge in [-0.15, -0.1) is 0 Å². The van der Waals surface area contributed by atoms with Crippen molar-refractivity contribution < 1.29 is 4.79 Å². The number of carbonyl (C=O) groups is 1. The predicted molar refractivity (Wildman–Crippen MR) is 103 cm³/mol. The maximum atomic E-state index is 12.2. The summed E-state index contributed by atoms with van der Waals surface area (Å²) in [5.74, 6) is 0.0242. The normalized spacial score (nSPS) is 15.2. The fourth-order valence-electron chi connectivity index (χ4n) is 2.93. The van der Waals surface area contributed by atoms with Crippen LogP contribution in [0.2, 0.25) is 10.0 Å². The number of hydrogen-bond acceptors (Lipinski definition) is 3. The van der Waals surface area contributed by atoms with Crippen LogP contribution in [0.15, 0.2) is 48.5 Å². The van der Waals surface area contributed by atoms with E-state index in [-0.39, 0.29) is 5.91 Å². The topological polar surface area (TPSA) is 35.6 Å². The highest BCUT2D eigenvalue weighted by Crippen LogP contribution is 2.20. The van der Waals surface area contributed by atoms with Gasteiger partial charge in [0.1, 0.15) is 0 Å². The minimum Gasteiger partial charge on any atom is -0.369 e. The molecule has 0 atom stereocenters. The molecule has 3 rings (SSSR count). The third kappa shape index (κ3) is 5.11. The van der Waals surface area contributed by atoms with Crippen LogP contribution < -0.4 is 10.2 Å². The average molecular weight is 378 g/mol. The molecule has 132 valence electrons. The number of anilines is 1. The molecule has 0 aliphatic carbocycles. The summed E-state index contributed by atoms with van der Waals surface area (Å²) < 4.78 is 0. The molecule has 1 fully saturated rings. The standard InChI is InChI=1S/C19H21Cl2N3O/c20-16-5-3-6-17(12-16)24-10-8-23(9-11-24)14-19(25)22-13-15-4-1-2-7-18(15)21/h1-7,12H,8-11,13-14H2,(H,22,25). The number of nitrogens with zero attached hydrogens (tertiary/aromatic N) is 2. The zero-order valence-corrected chi connectivity index (χ0v) is 15.4. The number of piperazine rings is 1. The zero-order chi connectivity index (χ0) is 17.6. The van der Waals surface area contributed by atoms with E-state index in [2.05, 4.69) is 21.2 Å². The molecule has 1 amide bonds. The van der Waals surface area contributed by atoms with Crippen molar-refractivity contribution in [2.45, 2.75) is 6.54 Å². The van der Waals surface area contributed by atoms with E-state index in [1.807, 2.05) is 42.5 Å². The lowest BCUT2D eigenvalue weighted by molar-refractivity contribution is -0.122. The number of carbonyl (C=O) groups excluding carboxylic acids is 1. The fraction of sp³-hybridized carbons (Fsp3) is 0.316. The van der Waals surface area contributed by atoms with E-state index in [1.165, 1.54) is 0 Å². The molecule has 6 heteroatoms. The van der Waals surface area contributed by atoms with Gasteiger partial charge in [0.15, 0.2) is 0 Å². The van der Waals surface area contributed by atoms with Gasteiger partial charge in [0.25, 0.3) is 0 Å². The van der Waals surface area contributed by atoms with Gasteiger partial charge in [-0.1, -0.05) is 47.5 Å². The molecule has 0 aromatic heterocycles. The molecular weight excluding hydrogens is 357 g/mol. The molecule has 1 aliphatic heterocycles. The van der Waals surface area contributed by atoms with Crippen molar-refractivity contribution in [1.82, 2.24) is 10.2 Å². The lowest BCUT2D eigenvalue weighted by atomic mass is 10.2. The van der Waals surface area contributed by atoms with Crippen molar-refractivity contribution in [2.75, 3.05) is 37.6 Å². The van der Waals surface area contributed by atoms with Crippen LogP contribution in [0.3, 0.4) is 0 Å². The highest BCUT2D eigenvalue weighted by atomic mass is 35.5. The zero-order valence-electron chi connectivity index (χ0n) is 13.9. The Hall–Kier alpha value is -1.75. The van der Waals surface area contributed by atoms with Gasteiger partial charge in [-0.2, -0.15) is 0 Å². The number of rotatable bonds is 5. The molecule has 2 aromatic rings. The summed E-state index contributed by atoms with van der Waals surface area (Å²) in [6.45, 7) is 4.35. The van der Waals surface area contributed by atoms with Crippen LogP contribution in [-0.4, -0.2) is 43.5 Å². The van der Waals surface area contributed by atoms with E-state index in [0.717, 1.165) is 42.5 Å². The predicted octanol–water partition coefficient (Wildman–Crippen LogP) is 3.43. The minimum absolute atomic E-state index is 0.0242. The van der Waals surface area contributed by atoms with Crippen LogP contribution in [0, 0.1) is 0 Å². The van der Waals surface area contributed by atoms with Crippen molar-refractivity contribution >= 4 is 34.8 Å². The summed E-state index contributed by atoms with van der Waals surface area (Å²) in [4.78, 5) is 16.6. The molecule has 1 heterocycles. The summed E-state index contributed by atoms with van der Waals surface area (Å²) in [7, 11) is 0. The maximum Gasteiger partial charge on any atom is 0.234 e. The van der Waals surface area contributed by atoms with Gasteiger partial charge in [-0.05, 0) is 29.8 Å². The van der Waals surface area contributed by atoms with Crippen LogP contribution in [0.25, 0.3) is 0 Å². The van der Waals surface area contributed by atoms with Crippen molar-refractivity contribution in [2.24, 2.45) is 0 Å². The van der Waals surface area contributed by atoms with Gasteiger partial charge >= 0.3 is 0 Å². The molecule has 1 N–H and O–H groups in total. The third-order valence-corrected chi connectivity index (χ3v) is 4.95. The molecule has 0 bridgehead atoms. The van der Waals surface area contributed by atoms with Crippen LogP contribution >= 0.6 is 23.2 Å². The molecule has 0 unspecified atom stereocenters. The second kappa shape index (κ2) is 8.56. The Labute approximate surface area is 158 Å². The van der Waals surface area contributed by atoms with E-state index in [0.29, 0.717) is 18.1 Å². The van der Waals surface area contributed by atoms with Crippen LogP contribution in [0.1, 0.15) is 5.56 Å². The molecule has 0 radical (unpaired) electrons. The van der Waals surface area contributed by atoms with Gasteiger partial charge in [-0.25, -0.2) is 0 Å². The first-order valence-corrected chi connectivity index (χ1v) is 9.10. The van der Waals surface area contributed by atoms with E-state index in [9.17, 15) is 4.79 Å². The van der Waals surface area contributed by atoms with E-state index in [4.69, 9.17) is 23.2 Å². The monoisotopic (exact) mass is 377 g/mol. The minimum atomic E-state index is 0.0242. The molecule has 0 spiro atoms. The van der Waals surface area contributed by atoms with Crippen LogP contribution in [0.4, 0.5) is 5.69 Å². The molecular formula is C19H21Cl2N3O. The lowest BCUT2D eigenvalue weighted by Gasteiger charge is -2.35. The van der Waals surface area contributed by atoms with Crippen molar-refractivity contribution in [3.05, 3.63) is 64.1 Å². The van der Waals surface area contributed by atoms with E-state index < -0.39 is 0 Å². The SMILES string of the molecule is O=C(CN1CCN(c2cccc(Cl)c2)CC1)NCc1ccccc1Cl. The Bertz CT molecular complexity index is 730. The number of nitrogens with one attached hydrogen (secondary N) is 1. The van der Waals surface area contributed by atoms with Crippen molar-refractivity contribution in [3.63, 3.8) is 0 Å². The number of hydrogen-bond donors (Lipinski definition) is 1. The van der Waals surface area contributed by atoms with Gasteiger partial charge in [0.2, 0.25) is 5.91 Å². The van der Waals surface area contributed by atoms with Gasteiger partial charge in [0.05, 0.1) is 6.54 Å². The third-order valence-electron chi connectivity index (χ3n) is 4.35. The van der Waals surface area contributed by atoms with Crippen molar-refractivity contribution in [1.29, 1.82) is 0 Å². The maximum absolute atomic E-state index is 12.2. The lowest BCUT2D eigenvalue weighted by Crippen LogP contribution is -2.49. The van der Waals surface area contributed by atoms with Gasteiger partial charge in [0, 0.05) is 48.5 Å². The quantitative estimate of drug-likeness (QED) is 0.866. The molecule has 1 aliphatic rings. The summed E-state index contributed by atoms with van der Waals surface area (Å²) >= 11 is 12.2. The second-order valence-corrected chi connectivity index (χ2v) is 6.95. The summed E-state index contributed by atoms with van der Waals surface area (Å²) in [5, 5.41) is 4.37. The van der Waals surface area contributed by atoms with Crippen LogP contribution in [0.5, 0.6) is 0 Å². The summed E-state index contributed by atoms with van der Waals surface area (Å²) in [6, 6.07) is 15.4. The Balaban J connectivity index is 1.44. The molecule has 1 saturated heterocycles. The molecule has 2 aromatic carbocycles. The first-order valence-electron chi connectivity index (χ1n) is 8.35. The Morgan fingerprint density at radius 2 is 1.76 bits per heavy atom. The first kappa shape index (κ1) is 18.1.